The number of nitrogens with two attached hydrogens (primary N) is 1. The van der Waals surface area contributed by atoms with Gasteiger partial charge in [-0.05, 0) is 25.0 Å². The molecule has 0 aromatic carbocycles. The van der Waals surface area contributed by atoms with Gasteiger partial charge in [-0.25, -0.2) is 4.98 Å². The average molecular weight is 205 g/mol. The molecule has 1 heterocycles. The number of hydrogen-bond donors (Lipinski definition) is 2. The van der Waals surface area contributed by atoms with Gasteiger partial charge in [-0.2, -0.15) is 0 Å². The smallest absolute Gasteiger partial charge is 0.227 e. The number of pyridine rings is 1. The van der Waals surface area contributed by atoms with E-state index in [0.717, 1.165) is 25.7 Å². The molecule has 1 aliphatic rings. The summed E-state index contributed by atoms with van der Waals surface area (Å²) < 4.78 is 0. The van der Waals surface area contributed by atoms with Gasteiger partial charge in [-0.15, -0.1) is 0 Å². The lowest BCUT2D eigenvalue weighted by Crippen LogP contribution is -2.21. The third-order valence-corrected chi connectivity index (χ3v) is 2.82. The SMILES string of the molecule is Nc1ncccc1NC(=O)C1CCCC1. The molecule has 0 saturated heterocycles. The Bertz CT molecular complexity index is 359. The lowest BCUT2D eigenvalue weighted by Gasteiger charge is -2.11. The Labute approximate surface area is 88.9 Å². The van der Waals surface area contributed by atoms with Crippen molar-refractivity contribution < 1.29 is 4.79 Å². The Morgan fingerprint density at radius 1 is 1.47 bits per heavy atom. The van der Waals surface area contributed by atoms with Gasteiger partial charge in [-0.3, -0.25) is 4.79 Å². The van der Waals surface area contributed by atoms with Crippen LogP contribution >= 0.6 is 0 Å². The lowest BCUT2D eigenvalue weighted by atomic mass is 10.1. The van der Waals surface area contributed by atoms with Crippen LogP contribution in [-0.2, 0) is 4.79 Å². The molecule has 80 valence electrons. The van der Waals surface area contributed by atoms with E-state index in [2.05, 4.69) is 10.3 Å². The van der Waals surface area contributed by atoms with E-state index in [0.29, 0.717) is 11.5 Å². The fraction of sp³-hybridized carbons (Fsp3) is 0.455. The molecular weight excluding hydrogens is 190 g/mol. The molecule has 0 bridgehead atoms. The predicted octanol–water partition coefficient (Wildman–Crippen LogP) is 1.79. The molecule has 4 nitrogen and oxygen atoms in total. The van der Waals surface area contributed by atoms with E-state index in [1.165, 1.54) is 0 Å². The van der Waals surface area contributed by atoms with Crippen LogP contribution in [0, 0.1) is 5.92 Å². The van der Waals surface area contributed by atoms with Gasteiger partial charge in [0, 0.05) is 12.1 Å². The van der Waals surface area contributed by atoms with Crippen molar-refractivity contribution in [2.75, 3.05) is 11.1 Å². The van der Waals surface area contributed by atoms with E-state index in [1.54, 1.807) is 18.3 Å². The largest absolute Gasteiger partial charge is 0.382 e. The molecule has 1 aromatic heterocycles. The maximum Gasteiger partial charge on any atom is 0.227 e. The summed E-state index contributed by atoms with van der Waals surface area (Å²) >= 11 is 0. The highest BCUT2D eigenvalue weighted by Crippen LogP contribution is 2.26. The average Bonchev–Trinajstić information content (AvgIpc) is 2.74. The van der Waals surface area contributed by atoms with E-state index >= 15 is 0 Å². The van der Waals surface area contributed by atoms with E-state index in [-0.39, 0.29) is 11.8 Å². The monoisotopic (exact) mass is 205 g/mol. The number of carbonyl (C=O) groups excluding carboxylic acids is 1. The van der Waals surface area contributed by atoms with Gasteiger partial charge in [0.2, 0.25) is 5.91 Å². The van der Waals surface area contributed by atoms with Crippen molar-refractivity contribution in [2.45, 2.75) is 25.7 Å². The molecule has 1 aromatic rings. The molecule has 0 unspecified atom stereocenters. The van der Waals surface area contributed by atoms with Gasteiger partial charge in [0.1, 0.15) is 5.82 Å². The van der Waals surface area contributed by atoms with Crippen LogP contribution < -0.4 is 11.1 Å². The highest BCUT2D eigenvalue weighted by molar-refractivity contribution is 5.94. The fourth-order valence-electron chi connectivity index (χ4n) is 1.95. The number of nitrogens with one attached hydrogen (secondary N) is 1. The lowest BCUT2D eigenvalue weighted by molar-refractivity contribution is -0.119. The van der Waals surface area contributed by atoms with E-state index in [4.69, 9.17) is 5.73 Å². The van der Waals surface area contributed by atoms with Gasteiger partial charge in [0.25, 0.3) is 0 Å². The molecular formula is C11H15N3O. The first-order valence-corrected chi connectivity index (χ1v) is 5.29. The van der Waals surface area contributed by atoms with Crippen molar-refractivity contribution >= 4 is 17.4 Å². The van der Waals surface area contributed by atoms with Crippen molar-refractivity contribution in [2.24, 2.45) is 5.92 Å². The molecule has 0 radical (unpaired) electrons. The zero-order valence-electron chi connectivity index (χ0n) is 8.57. The van der Waals surface area contributed by atoms with Gasteiger partial charge in [0.15, 0.2) is 0 Å². The molecule has 0 aliphatic heterocycles. The molecule has 15 heavy (non-hydrogen) atoms. The summed E-state index contributed by atoms with van der Waals surface area (Å²) in [6.07, 6.45) is 5.90. The highest BCUT2D eigenvalue weighted by Gasteiger charge is 2.22. The second-order valence-corrected chi connectivity index (χ2v) is 3.91. The van der Waals surface area contributed by atoms with E-state index in [1.807, 2.05) is 0 Å². The number of amides is 1. The van der Waals surface area contributed by atoms with Crippen LogP contribution in [0.2, 0.25) is 0 Å². The number of aromatic nitrogens is 1. The maximum absolute atomic E-state index is 11.8. The third-order valence-electron chi connectivity index (χ3n) is 2.82. The predicted molar refractivity (Wildman–Crippen MR) is 59.2 cm³/mol. The summed E-state index contributed by atoms with van der Waals surface area (Å²) in [4.78, 5) is 15.7. The standard InChI is InChI=1S/C11H15N3O/c12-10-9(6-3-7-13-10)14-11(15)8-4-1-2-5-8/h3,6-8H,1-2,4-5H2,(H2,12,13)(H,14,15). The van der Waals surface area contributed by atoms with Crippen molar-refractivity contribution in [3.8, 4) is 0 Å². The van der Waals surface area contributed by atoms with Crippen LogP contribution in [-0.4, -0.2) is 10.9 Å². The molecule has 1 fully saturated rings. The van der Waals surface area contributed by atoms with Crippen LogP contribution in [0.15, 0.2) is 18.3 Å². The fourth-order valence-corrected chi connectivity index (χ4v) is 1.95. The van der Waals surface area contributed by atoms with Crippen LogP contribution in [0.25, 0.3) is 0 Å². The zero-order valence-corrected chi connectivity index (χ0v) is 8.57. The van der Waals surface area contributed by atoms with Gasteiger partial charge in [0.05, 0.1) is 5.69 Å². The van der Waals surface area contributed by atoms with E-state index < -0.39 is 0 Å². The Kier molecular flexibility index (Phi) is 2.85. The Balaban J connectivity index is 2.02. The number of nitrogen functional groups attached to an aromatic ring is 1. The second-order valence-electron chi connectivity index (χ2n) is 3.91. The Morgan fingerprint density at radius 3 is 2.87 bits per heavy atom. The Morgan fingerprint density at radius 2 is 2.20 bits per heavy atom. The number of nitrogens with zero attached hydrogens (tertiary/aromatic N) is 1. The summed E-state index contributed by atoms with van der Waals surface area (Å²) in [5, 5.41) is 2.83. The number of anilines is 2. The minimum Gasteiger partial charge on any atom is -0.382 e. The summed E-state index contributed by atoms with van der Waals surface area (Å²) in [5.41, 5.74) is 6.26. The highest BCUT2D eigenvalue weighted by atomic mass is 16.1. The molecule has 2 rings (SSSR count). The Hall–Kier alpha value is -1.58. The first kappa shape index (κ1) is 9.96. The first-order valence-electron chi connectivity index (χ1n) is 5.29. The quantitative estimate of drug-likeness (QED) is 0.773. The summed E-state index contributed by atoms with van der Waals surface area (Å²) in [7, 11) is 0. The molecule has 1 aliphatic carbocycles. The van der Waals surface area contributed by atoms with Crippen LogP contribution in [0.1, 0.15) is 25.7 Å². The van der Waals surface area contributed by atoms with Crippen molar-refractivity contribution in [3.63, 3.8) is 0 Å². The maximum atomic E-state index is 11.8. The number of carbonyl (C=O) groups is 1. The number of hydrogen-bond acceptors (Lipinski definition) is 3. The van der Waals surface area contributed by atoms with Crippen molar-refractivity contribution in [3.05, 3.63) is 18.3 Å². The molecule has 0 atom stereocenters. The van der Waals surface area contributed by atoms with Crippen LogP contribution in [0.5, 0.6) is 0 Å². The first-order chi connectivity index (χ1) is 7.27. The van der Waals surface area contributed by atoms with Gasteiger partial charge in [-0.1, -0.05) is 12.8 Å². The normalized spacial score (nSPS) is 16.5. The summed E-state index contributed by atoms with van der Waals surface area (Å²) in [5.74, 6) is 0.612. The molecule has 1 amide bonds. The molecule has 4 heteroatoms. The summed E-state index contributed by atoms with van der Waals surface area (Å²) in [6.45, 7) is 0. The molecule has 1 saturated carbocycles. The van der Waals surface area contributed by atoms with Crippen LogP contribution in [0.3, 0.4) is 0 Å². The topological polar surface area (TPSA) is 68.0 Å². The summed E-state index contributed by atoms with van der Waals surface area (Å²) in [6, 6.07) is 3.54. The molecule has 3 N–H and O–H groups in total. The third kappa shape index (κ3) is 2.26. The van der Waals surface area contributed by atoms with Gasteiger partial charge < -0.3 is 11.1 Å². The second kappa shape index (κ2) is 4.29. The van der Waals surface area contributed by atoms with Crippen molar-refractivity contribution in [1.82, 2.24) is 4.98 Å². The minimum absolute atomic E-state index is 0.0761. The minimum atomic E-state index is 0.0761. The zero-order chi connectivity index (χ0) is 10.7. The van der Waals surface area contributed by atoms with Gasteiger partial charge >= 0.3 is 0 Å². The molecule has 0 spiro atoms. The number of rotatable bonds is 2. The van der Waals surface area contributed by atoms with Crippen LogP contribution in [0.4, 0.5) is 11.5 Å². The van der Waals surface area contributed by atoms with Crippen molar-refractivity contribution in [1.29, 1.82) is 0 Å². The van der Waals surface area contributed by atoms with E-state index in [9.17, 15) is 4.79 Å².